The van der Waals surface area contributed by atoms with Gasteiger partial charge in [0.2, 0.25) is 0 Å². The van der Waals surface area contributed by atoms with Gasteiger partial charge in [0, 0.05) is 6.54 Å². The Morgan fingerprint density at radius 1 is 1.29 bits per heavy atom. The summed E-state index contributed by atoms with van der Waals surface area (Å²) in [7, 11) is 1.75. The van der Waals surface area contributed by atoms with Crippen LogP contribution in [0.2, 0.25) is 0 Å². The van der Waals surface area contributed by atoms with Gasteiger partial charge in [0.25, 0.3) is 0 Å². The molecule has 0 amide bonds. The average Bonchev–Trinajstić information content (AvgIpc) is 2.48. The molecular formula is C17H29ClN2O. The third kappa shape index (κ3) is 5.50. The van der Waals surface area contributed by atoms with Crippen LogP contribution in [0.25, 0.3) is 0 Å². The summed E-state index contributed by atoms with van der Waals surface area (Å²) in [5, 5.41) is 3.47. The van der Waals surface area contributed by atoms with Crippen LogP contribution in [-0.4, -0.2) is 38.2 Å². The van der Waals surface area contributed by atoms with Gasteiger partial charge in [-0.1, -0.05) is 19.1 Å². The molecule has 1 aliphatic heterocycles. The Morgan fingerprint density at radius 3 is 2.62 bits per heavy atom. The van der Waals surface area contributed by atoms with E-state index < -0.39 is 0 Å². The Hall–Kier alpha value is -0.770. The fourth-order valence-corrected chi connectivity index (χ4v) is 2.92. The van der Waals surface area contributed by atoms with E-state index in [2.05, 4.69) is 42.3 Å². The molecule has 0 bridgehead atoms. The minimum Gasteiger partial charge on any atom is -0.496 e. The number of rotatable bonds is 6. The molecule has 2 rings (SSSR count). The van der Waals surface area contributed by atoms with Crippen molar-refractivity contribution < 1.29 is 4.74 Å². The number of ether oxygens (including phenoxy) is 1. The molecule has 0 aromatic heterocycles. The summed E-state index contributed by atoms with van der Waals surface area (Å²) in [6.07, 6.45) is 2.63. The van der Waals surface area contributed by atoms with E-state index >= 15 is 0 Å². The smallest absolute Gasteiger partial charge is 0.122 e. The monoisotopic (exact) mass is 312 g/mol. The van der Waals surface area contributed by atoms with Gasteiger partial charge in [-0.2, -0.15) is 0 Å². The highest BCUT2D eigenvalue weighted by molar-refractivity contribution is 5.85. The molecule has 0 spiro atoms. The van der Waals surface area contributed by atoms with E-state index in [-0.39, 0.29) is 12.4 Å². The van der Waals surface area contributed by atoms with Crippen molar-refractivity contribution in [2.75, 3.05) is 33.3 Å². The van der Waals surface area contributed by atoms with Crippen molar-refractivity contribution in [1.29, 1.82) is 0 Å². The topological polar surface area (TPSA) is 24.5 Å². The van der Waals surface area contributed by atoms with Crippen LogP contribution in [0.3, 0.4) is 0 Å². The lowest BCUT2D eigenvalue weighted by Gasteiger charge is -2.32. The summed E-state index contributed by atoms with van der Waals surface area (Å²) in [5.74, 6) is 1.86. The van der Waals surface area contributed by atoms with Gasteiger partial charge in [0.1, 0.15) is 5.75 Å². The number of nitrogens with one attached hydrogen (secondary N) is 1. The first kappa shape index (κ1) is 18.3. The number of piperidine rings is 1. The number of hydrogen-bond donors (Lipinski definition) is 1. The van der Waals surface area contributed by atoms with Crippen LogP contribution < -0.4 is 10.1 Å². The van der Waals surface area contributed by atoms with Gasteiger partial charge in [0.05, 0.1) is 7.11 Å². The summed E-state index contributed by atoms with van der Waals surface area (Å²) in [4.78, 5) is 2.56. The molecular weight excluding hydrogens is 284 g/mol. The SMILES string of the molecule is CCNCC1CCN(Cc2ccc(C)c(OC)c2)CC1.Cl. The molecule has 1 aromatic rings. The van der Waals surface area contributed by atoms with E-state index in [0.717, 1.165) is 24.8 Å². The first-order chi connectivity index (χ1) is 9.72. The van der Waals surface area contributed by atoms with Crippen molar-refractivity contribution >= 4 is 12.4 Å². The summed E-state index contributed by atoms with van der Waals surface area (Å²) in [5.41, 5.74) is 2.57. The zero-order valence-electron chi connectivity index (χ0n) is 13.5. The van der Waals surface area contributed by atoms with Gasteiger partial charge < -0.3 is 10.1 Å². The Morgan fingerprint density at radius 2 is 2.00 bits per heavy atom. The van der Waals surface area contributed by atoms with Crippen LogP contribution in [-0.2, 0) is 6.54 Å². The van der Waals surface area contributed by atoms with Crippen LogP contribution in [0, 0.1) is 12.8 Å². The van der Waals surface area contributed by atoms with E-state index in [9.17, 15) is 0 Å². The number of nitrogens with zero attached hydrogens (tertiary/aromatic N) is 1. The Bertz CT molecular complexity index is 417. The number of aryl methyl sites for hydroxylation is 1. The third-order valence-electron chi connectivity index (χ3n) is 4.27. The summed E-state index contributed by atoms with van der Waals surface area (Å²) >= 11 is 0. The quantitative estimate of drug-likeness (QED) is 0.872. The van der Waals surface area contributed by atoms with Crippen molar-refractivity contribution in [2.45, 2.75) is 33.2 Å². The Kier molecular flexibility index (Phi) is 8.09. The highest BCUT2D eigenvalue weighted by Crippen LogP contribution is 2.22. The molecule has 0 saturated carbocycles. The van der Waals surface area contributed by atoms with Crippen LogP contribution in [0.5, 0.6) is 5.75 Å². The van der Waals surface area contributed by atoms with Crippen molar-refractivity contribution in [1.82, 2.24) is 10.2 Å². The van der Waals surface area contributed by atoms with Gasteiger partial charge in [0.15, 0.2) is 0 Å². The molecule has 21 heavy (non-hydrogen) atoms. The van der Waals surface area contributed by atoms with Gasteiger partial charge >= 0.3 is 0 Å². The molecule has 0 unspecified atom stereocenters. The number of hydrogen-bond acceptors (Lipinski definition) is 3. The van der Waals surface area contributed by atoms with Crippen molar-refractivity contribution in [3.8, 4) is 5.75 Å². The molecule has 1 aliphatic rings. The Balaban J connectivity index is 0.00000220. The molecule has 0 atom stereocenters. The van der Waals surface area contributed by atoms with Crippen LogP contribution in [0.4, 0.5) is 0 Å². The fraction of sp³-hybridized carbons (Fsp3) is 0.647. The lowest BCUT2D eigenvalue weighted by molar-refractivity contribution is 0.175. The predicted octanol–water partition coefficient (Wildman–Crippen LogP) is 3.25. The lowest BCUT2D eigenvalue weighted by atomic mass is 9.96. The zero-order chi connectivity index (χ0) is 14.4. The summed E-state index contributed by atoms with van der Waals surface area (Å²) in [6, 6.07) is 6.56. The van der Waals surface area contributed by atoms with E-state index in [0.29, 0.717) is 0 Å². The largest absolute Gasteiger partial charge is 0.496 e. The number of halogens is 1. The maximum Gasteiger partial charge on any atom is 0.122 e. The third-order valence-corrected chi connectivity index (χ3v) is 4.27. The molecule has 1 N–H and O–H groups in total. The first-order valence-electron chi connectivity index (χ1n) is 7.79. The Labute approximate surface area is 135 Å². The predicted molar refractivity (Wildman–Crippen MR) is 91.5 cm³/mol. The highest BCUT2D eigenvalue weighted by atomic mass is 35.5. The second kappa shape index (κ2) is 9.29. The molecule has 4 heteroatoms. The molecule has 0 aliphatic carbocycles. The second-order valence-electron chi connectivity index (χ2n) is 5.83. The van der Waals surface area contributed by atoms with E-state index in [1.807, 2.05) is 0 Å². The molecule has 120 valence electrons. The highest BCUT2D eigenvalue weighted by Gasteiger charge is 2.18. The van der Waals surface area contributed by atoms with Gasteiger partial charge in [-0.3, -0.25) is 4.90 Å². The first-order valence-corrected chi connectivity index (χ1v) is 7.79. The molecule has 1 heterocycles. The lowest BCUT2D eigenvalue weighted by Crippen LogP contribution is -2.36. The number of benzene rings is 1. The zero-order valence-corrected chi connectivity index (χ0v) is 14.3. The molecule has 0 radical (unpaired) electrons. The normalized spacial score (nSPS) is 16.5. The maximum absolute atomic E-state index is 5.41. The van der Waals surface area contributed by atoms with Crippen LogP contribution in [0.1, 0.15) is 30.9 Å². The molecule has 1 aromatic carbocycles. The van der Waals surface area contributed by atoms with Crippen molar-refractivity contribution in [3.05, 3.63) is 29.3 Å². The minimum absolute atomic E-state index is 0. The molecule has 3 nitrogen and oxygen atoms in total. The standard InChI is InChI=1S/C17H28N2O.ClH/c1-4-18-12-15-7-9-19(10-8-15)13-16-6-5-14(2)17(11-16)20-3;/h5-6,11,15,18H,4,7-10,12-13H2,1-3H3;1H. The van der Waals surface area contributed by atoms with E-state index in [1.54, 1.807) is 7.11 Å². The van der Waals surface area contributed by atoms with E-state index in [1.165, 1.54) is 43.6 Å². The summed E-state index contributed by atoms with van der Waals surface area (Å²) in [6.45, 7) is 10.0. The maximum atomic E-state index is 5.41. The summed E-state index contributed by atoms with van der Waals surface area (Å²) < 4.78 is 5.41. The van der Waals surface area contributed by atoms with E-state index in [4.69, 9.17) is 4.74 Å². The van der Waals surface area contributed by atoms with Crippen molar-refractivity contribution in [2.24, 2.45) is 5.92 Å². The number of methoxy groups -OCH3 is 1. The van der Waals surface area contributed by atoms with Crippen LogP contribution in [0.15, 0.2) is 18.2 Å². The van der Waals surface area contributed by atoms with Gasteiger partial charge in [-0.05, 0) is 69.1 Å². The fourth-order valence-electron chi connectivity index (χ4n) is 2.92. The average molecular weight is 313 g/mol. The minimum atomic E-state index is 0. The molecule has 1 saturated heterocycles. The van der Waals surface area contributed by atoms with Crippen LogP contribution >= 0.6 is 12.4 Å². The molecule has 1 fully saturated rings. The number of likely N-dealkylation sites (tertiary alicyclic amines) is 1. The second-order valence-corrected chi connectivity index (χ2v) is 5.83. The van der Waals surface area contributed by atoms with Gasteiger partial charge in [-0.15, -0.1) is 12.4 Å². The van der Waals surface area contributed by atoms with Crippen molar-refractivity contribution in [3.63, 3.8) is 0 Å². The van der Waals surface area contributed by atoms with Gasteiger partial charge in [-0.25, -0.2) is 0 Å².